The van der Waals surface area contributed by atoms with Crippen LogP contribution in [0.5, 0.6) is 0 Å². The molecule has 1 heterocycles. The minimum Gasteiger partial charge on any atom is -0.244 e. The molecule has 2 nitrogen and oxygen atoms in total. The maximum absolute atomic E-state index is 12.6. The van der Waals surface area contributed by atoms with Gasteiger partial charge in [-0.05, 0) is 27.6 Å². The van der Waals surface area contributed by atoms with Gasteiger partial charge >= 0.3 is 0 Å². The van der Waals surface area contributed by atoms with Crippen molar-refractivity contribution in [2.75, 3.05) is 0 Å². The van der Waals surface area contributed by atoms with E-state index in [1.165, 1.54) is 6.07 Å². The van der Waals surface area contributed by atoms with Crippen LogP contribution in [0.4, 0.5) is 8.78 Å². The van der Waals surface area contributed by atoms with E-state index in [9.17, 15) is 8.78 Å². The highest BCUT2D eigenvalue weighted by atomic mass is 79.9. The molecule has 0 spiro atoms. The second kappa shape index (κ2) is 5.38. The molecule has 1 aromatic heterocycles. The summed E-state index contributed by atoms with van der Waals surface area (Å²) in [6.45, 7) is 0. The van der Waals surface area contributed by atoms with Crippen LogP contribution < -0.4 is 0 Å². The number of nitriles is 1. The molecule has 0 aliphatic heterocycles. The van der Waals surface area contributed by atoms with Crippen LogP contribution in [-0.4, -0.2) is 4.98 Å². The summed E-state index contributed by atoms with van der Waals surface area (Å²) in [6, 6.07) is 3.15. The number of hydrogen-bond acceptors (Lipinski definition) is 2. The average Bonchev–Trinajstić information content (AvgIpc) is 2.20. The summed E-state index contributed by atoms with van der Waals surface area (Å²) in [5.41, 5.74) is 0.375. The van der Waals surface area contributed by atoms with Gasteiger partial charge in [-0.1, -0.05) is 0 Å². The smallest absolute Gasteiger partial charge is 0.244 e. The van der Waals surface area contributed by atoms with Crippen molar-refractivity contribution in [3.8, 4) is 6.07 Å². The Balaban J connectivity index is 3.25. The van der Waals surface area contributed by atoms with Gasteiger partial charge in [-0.2, -0.15) is 5.26 Å². The molecule has 80 valence electrons. The Labute approximate surface area is 99.0 Å². The first kappa shape index (κ1) is 12.3. The van der Waals surface area contributed by atoms with Crippen molar-refractivity contribution in [1.29, 1.82) is 5.26 Å². The third-order valence-corrected chi connectivity index (χ3v) is 2.73. The molecule has 0 saturated heterocycles. The van der Waals surface area contributed by atoms with E-state index < -0.39 is 6.43 Å². The van der Waals surface area contributed by atoms with Crippen LogP contribution in [0.1, 0.15) is 23.2 Å². The lowest BCUT2D eigenvalue weighted by Crippen LogP contribution is -2.00. The first-order valence-corrected chi connectivity index (χ1v) is 5.32. The van der Waals surface area contributed by atoms with Crippen molar-refractivity contribution in [2.45, 2.75) is 18.7 Å². The SMILES string of the molecule is N#CCc1cc(C(F)F)c(CCl)nc1Br. The summed E-state index contributed by atoms with van der Waals surface area (Å²) in [7, 11) is 0. The van der Waals surface area contributed by atoms with Crippen molar-refractivity contribution in [3.63, 3.8) is 0 Å². The summed E-state index contributed by atoms with van der Waals surface area (Å²) in [4.78, 5) is 3.89. The molecule has 0 saturated carbocycles. The fourth-order valence-corrected chi connectivity index (χ4v) is 1.77. The van der Waals surface area contributed by atoms with Crippen molar-refractivity contribution >= 4 is 27.5 Å². The number of alkyl halides is 3. The van der Waals surface area contributed by atoms with Gasteiger partial charge in [0.15, 0.2) is 0 Å². The molecule has 0 amide bonds. The van der Waals surface area contributed by atoms with Crippen molar-refractivity contribution in [2.24, 2.45) is 0 Å². The van der Waals surface area contributed by atoms with Crippen molar-refractivity contribution in [1.82, 2.24) is 4.98 Å². The molecular weight excluding hydrogens is 289 g/mol. The highest BCUT2D eigenvalue weighted by molar-refractivity contribution is 9.10. The van der Waals surface area contributed by atoms with Gasteiger partial charge in [0.1, 0.15) is 4.60 Å². The third kappa shape index (κ3) is 2.86. The van der Waals surface area contributed by atoms with Gasteiger partial charge in [-0.25, -0.2) is 13.8 Å². The predicted octanol–water partition coefficient (Wildman–Crippen LogP) is 3.59. The van der Waals surface area contributed by atoms with Crippen LogP contribution >= 0.6 is 27.5 Å². The normalized spacial score (nSPS) is 10.4. The average molecular weight is 296 g/mol. The minimum atomic E-state index is -2.63. The second-order valence-electron chi connectivity index (χ2n) is 2.74. The van der Waals surface area contributed by atoms with Crippen LogP contribution in [0.15, 0.2) is 10.7 Å². The highest BCUT2D eigenvalue weighted by Gasteiger charge is 2.16. The quantitative estimate of drug-likeness (QED) is 0.631. The summed E-state index contributed by atoms with van der Waals surface area (Å²) in [5.74, 6) is -0.0783. The molecule has 1 aromatic rings. The fraction of sp³-hybridized carbons (Fsp3) is 0.333. The molecule has 1 rings (SSSR count). The number of pyridine rings is 1. The van der Waals surface area contributed by atoms with Gasteiger partial charge < -0.3 is 0 Å². The van der Waals surface area contributed by atoms with E-state index in [1.807, 2.05) is 6.07 Å². The Kier molecular flexibility index (Phi) is 4.43. The maximum atomic E-state index is 12.6. The van der Waals surface area contributed by atoms with E-state index in [4.69, 9.17) is 16.9 Å². The Morgan fingerprint density at radius 3 is 2.73 bits per heavy atom. The zero-order valence-electron chi connectivity index (χ0n) is 7.48. The summed E-state index contributed by atoms with van der Waals surface area (Å²) in [6.07, 6.45) is -2.59. The Bertz CT molecular complexity index is 404. The Hall–Kier alpha value is -0.730. The van der Waals surface area contributed by atoms with Crippen LogP contribution in [-0.2, 0) is 12.3 Å². The molecule has 0 aliphatic carbocycles. The predicted molar refractivity (Wildman–Crippen MR) is 55.8 cm³/mol. The largest absolute Gasteiger partial charge is 0.265 e. The van der Waals surface area contributed by atoms with Crippen molar-refractivity contribution in [3.05, 3.63) is 27.5 Å². The van der Waals surface area contributed by atoms with Gasteiger partial charge in [0.2, 0.25) is 0 Å². The van der Waals surface area contributed by atoms with Crippen LogP contribution in [0.3, 0.4) is 0 Å². The molecule has 0 unspecified atom stereocenters. The lowest BCUT2D eigenvalue weighted by atomic mass is 10.1. The van der Waals surface area contributed by atoms with Crippen LogP contribution in [0, 0.1) is 11.3 Å². The van der Waals surface area contributed by atoms with E-state index in [1.54, 1.807) is 0 Å². The van der Waals surface area contributed by atoms with Gasteiger partial charge in [0.05, 0.1) is 24.1 Å². The van der Waals surface area contributed by atoms with E-state index in [0.717, 1.165) is 0 Å². The van der Waals surface area contributed by atoms with Gasteiger partial charge in [0.25, 0.3) is 6.43 Å². The molecule has 0 fully saturated rings. The number of nitrogens with zero attached hydrogens (tertiary/aromatic N) is 2. The van der Waals surface area contributed by atoms with E-state index in [-0.39, 0.29) is 23.6 Å². The Morgan fingerprint density at radius 1 is 1.60 bits per heavy atom. The van der Waals surface area contributed by atoms with E-state index in [0.29, 0.717) is 10.2 Å². The summed E-state index contributed by atoms with van der Waals surface area (Å²) in [5, 5.41) is 8.49. The fourth-order valence-electron chi connectivity index (χ4n) is 1.09. The summed E-state index contributed by atoms with van der Waals surface area (Å²) < 4.78 is 25.5. The van der Waals surface area contributed by atoms with E-state index >= 15 is 0 Å². The number of aromatic nitrogens is 1. The minimum absolute atomic E-state index is 0.0376. The first-order valence-electron chi connectivity index (χ1n) is 3.99. The molecule has 6 heteroatoms. The molecule has 0 atom stereocenters. The molecular formula is C9H6BrClF2N2. The molecule has 0 radical (unpaired) electrons. The zero-order chi connectivity index (χ0) is 11.4. The van der Waals surface area contributed by atoms with Gasteiger partial charge in [-0.15, -0.1) is 11.6 Å². The van der Waals surface area contributed by atoms with Crippen LogP contribution in [0.25, 0.3) is 0 Å². The summed E-state index contributed by atoms with van der Waals surface area (Å²) >= 11 is 8.60. The number of rotatable bonds is 3. The highest BCUT2D eigenvalue weighted by Crippen LogP contribution is 2.27. The van der Waals surface area contributed by atoms with Crippen LogP contribution in [0.2, 0.25) is 0 Å². The third-order valence-electron chi connectivity index (χ3n) is 1.79. The monoisotopic (exact) mass is 294 g/mol. The first-order chi connectivity index (χ1) is 7.10. The molecule has 0 N–H and O–H groups in total. The van der Waals surface area contributed by atoms with E-state index in [2.05, 4.69) is 20.9 Å². The lowest BCUT2D eigenvalue weighted by Gasteiger charge is -2.08. The number of hydrogen-bond donors (Lipinski definition) is 0. The van der Waals surface area contributed by atoms with Crippen molar-refractivity contribution < 1.29 is 8.78 Å². The zero-order valence-corrected chi connectivity index (χ0v) is 9.82. The molecule has 0 bridgehead atoms. The molecule has 0 aliphatic rings. The lowest BCUT2D eigenvalue weighted by molar-refractivity contribution is 0.150. The van der Waals surface area contributed by atoms with Gasteiger partial charge in [0, 0.05) is 5.56 Å². The second-order valence-corrected chi connectivity index (χ2v) is 3.76. The standard InChI is InChI=1S/C9H6BrClF2N2/c10-8-5(1-2-14)3-6(9(12)13)7(4-11)15-8/h3,9H,1,4H2. The number of halogens is 4. The Morgan fingerprint density at radius 2 is 2.27 bits per heavy atom. The molecule has 0 aromatic carbocycles. The van der Waals surface area contributed by atoms with Gasteiger partial charge in [-0.3, -0.25) is 0 Å². The maximum Gasteiger partial charge on any atom is 0.265 e. The molecule has 15 heavy (non-hydrogen) atoms. The topological polar surface area (TPSA) is 36.7 Å².